The SMILES string of the molecule is COC(=O)CC(O)C(O)c1cc(N)c(C)c(C(=O)OC)c1. The van der Waals surface area contributed by atoms with E-state index in [2.05, 4.69) is 9.47 Å². The third-order valence-electron chi connectivity index (χ3n) is 3.18. The van der Waals surface area contributed by atoms with Crippen molar-refractivity contribution in [2.75, 3.05) is 20.0 Å². The number of aliphatic hydroxyl groups excluding tert-OH is 2. The van der Waals surface area contributed by atoms with Crippen molar-refractivity contribution in [3.05, 3.63) is 28.8 Å². The van der Waals surface area contributed by atoms with Crippen molar-refractivity contribution in [3.8, 4) is 0 Å². The number of ether oxygens (including phenoxy) is 2. The normalized spacial score (nSPS) is 13.4. The second-order valence-corrected chi connectivity index (χ2v) is 4.57. The van der Waals surface area contributed by atoms with Crippen LogP contribution in [0.25, 0.3) is 0 Å². The Balaban J connectivity index is 3.10. The molecule has 0 saturated heterocycles. The average Bonchev–Trinajstić information content (AvgIpc) is 2.47. The van der Waals surface area contributed by atoms with Crippen LogP contribution in [0.2, 0.25) is 0 Å². The number of nitrogen functional groups attached to an aromatic ring is 1. The van der Waals surface area contributed by atoms with Gasteiger partial charge in [0.2, 0.25) is 0 Å². The van der Waals surface area contributed by atoms with Crippen LogP contribution in [0, 0.1) is 6.92 Å². The van der Waals surface area contributed by atoms with E-state index >= 15 is 0 Å². The Morgan fingerprint density at radius 2 is 1.86 bits per heavy atom. The average molecular weight is 297 g/mol. The third-order valence-corrected chi connectivity index (χ3v) is 3.18. The zero-order valence-corrected chi connectivity index (χ0v) is 12.1. The van der Waals surface area contributed by atoms with Gasteiger partial charge in [0.15, 0.2) is 0 Å². The molecule has 0 aliphatic heterocycles. The lowest BCUT2D eigenvalue weighted by atomic mass is 9.96. The molecule has 116 valence electrons. The van der Waals surface area contributed by atoms with E-state index in [0.717, 1.165) is 0 Å². The number of methoxy groups -OCH3 is 2. The van der Waals surface area contributed by atoms with E-state index in [1.54, 1.807) is 6.92 Å². The van der Waals surface area contributed by atoms with E-state index in [-0.39, 0.29) is 23.2 Å². The van der Waals surface area contributed by atoms with Crippen molar-refractivity contribution in [2.45, 2.75) is 25.6 Å². The van der Waals surface area contributed by atoms with Gasteiger partial charge in [0.05, 0.1) is 32.3 Å². The highest BCUT2D eigenvalue weighted by atomic mass is 16.5. The van der Waals surface area contributed by atoms with Crippen LogP contribution in [-0.4, -0.2) is 42.5 Å². The summed E-state index contributed by atoms with van der Waals surface area (Å²) in [5.74, 6) is -1.26. The number of esters is 2. The van der Waals surface area contributed by atoms with Gasteiger partial charge in [0, 0.05) is 5.69 Å². The summed E-state index contributed by atoms with van der Waals surface area (Å²) in [4.78, 5) is 22.8. The largest absolute Gasteiger partial charge is 0.469 e. The van der Waals surface area contributed by atoms with E-state index in [4.69, 9.17) is 5.73 Å². The van der Waals surface area contributed by atoms with Gasteiger partial charge in [-0.1, -0.05) is 0 Å². The second-order valence-electron chi connectivity index (χ2n) is 4.57. The van der Waals surface area contributed by atoms with Gasteiger partial charge in [0.1, 0.15) is 6.10 Å². The van der Waals surface area contributed by atoms with Crippen molar-refractivity contribution in [1.82, 2.24) is 0 Å². The van der Waals surface area contributed by atoms with Crippen molar-refractivity contribution in [2.24, 2.45) is 0 Å². The van der Waals surface area contributed by atoms with Crippen LogP contribution in [0.5, 0.6) is 0 Å². The summed E-state index contributed by atoms with van der Waals surface area (Å²) < 4.78 is 9.06. The summed E-state index contributed by atoms with van der Waals surface area (Å²) in [6.07, 6.45) is -3.13. The van der Waals surface area contributed by atoms with E-state index < -0.39 is 24.1 Å². The standard InChI is InChI=1S/C14H19NO6/c1-7-9(14(19)21-3)4-8(5-10(7)15)13(18)11(16)6-12(17)20-2/h4-5,11,13,16,18H,6,15H2,1-3H3. The van der Waals surface area contributed by atoms with Crippen molar-refractivity contribution in [1.29, 1.82) is 0 Å². The van der Waals surface area contributed by atoms with Gasteiger partial charge in [-0.05, 0) is 30.2 Å². The molecule has 4 N–H and O–H groups in total. The summed E-state index contributed by atoms with van der Waals surface area (Å²) in [6, 6.07) is 2.82. The van der Waals surface area contributed by atoms with Crippen LogP contribution in [0.3, 0.4) is 0 Å². The van der Waals surface area contributed by atoms with E-state index in [1.807, 2.05) is 0 Å². The Kier molecular flexibility index (Phi) is 5.69. The highest BCUT2D eigenvalue weighted by molar-refractivity contribution is 5.92. The van der Waals surface area contributed by atoms with Crippen molar-refractivity contribution >= 4 is 17.6 Å². The lowest BCUT2D eigenvalue weighted by molar-refractivity contribution is -0.144. The Morgan fingerprint density at radius 3 is 2.38 bits per heavy atom. The van der Waals surface area contributed by atoms with Crippen LogP contribution >= 0.6 is 0 Å². The number of carbonyl (C=O) groups is 2. The van der Waals surface area contributed by atoms with Gasteiger partial charge in [-0.3, -0.25) is 4.79 Å². The zero-order chi connectivity index (χ0) is 16.2. The molecule has 7 nitrogen and oxygen atoms in total. The molecule has 0 heterocycles. The maximum absolute atomic E-state index is 11.7. The minimum atomic E-state index is -1.38. The first kappa shape index (κ1) is 16.9. The molecule has 0 radical (unpaired) electrons. The minimum absolute atomic E-state index is 0.191. The van der Waals surface area contributed by atoms with Crippen LogP contribution in [0.1, 0.15) is 34.0 Å². The maximum atomic E-state index is 11.7. The van der Waals surface area contributed by atoms with Gasteiger partial charge in [0.25, 0.3) is 0 Å². The van der Waals surface area contributed by atoms with E-state index in [1.165, 1.54) is 26.4 Å². The van der Waals surface area contributed by atoms with Crippen LogP contribution in [0.15, 0.2) is 12.1 Å². The minimum Gasteiger partial charge on any atom is -0.469 e. The molecule has 2 atom stereocenters. The fourth-order valence-corrected chi connectivity index (χ4v) is 1.84. The fraction of sp³-hybridized carbons (Fsp3) is 0.429. The molecule has 1 rings (SSSR count). The number of hydrogen-bond donors (Lipinski definition) is 3. The summed E-state index contributed by atoms with van der Waals surface area (Å²) in [5.41, 5.74) is 6.99. The van der Waals surface area contributed by atoms with E-state index in [0.29, 0.717) is 5.56 Å². The number of hydrogen-bond acceptors (Lipinski definition) is 7. The smallest absolute Gasteiger partial charge is 0.338 e. The molecule has 7 heteroatoms. The number of benzene rings is 1. The zero-order valence-electron chi connectivity index (χ0n) is 12.1. The number of carbonyl (C=O) groups excluding carboxylic acids is 2. The van der Waals surface area contributed by atoms with Gasteiger partial charge >= 0.3 is 11.9 Å². The van der Waals surface area contributed by atoms with Crippen LogP contribution < -0.4 is 5.73 Å². The predicted octanol–water partition coefficient (Wildman–Crippen LogP) is 0.321. The highest BCUT2D eigenvalue weighted by Gasteiger charge is 2.24. The molecule has 0 aliphatic carbocycles. The molecule has 2 unspecified atom stereocenters. The Labute approximate surface area is 122 Å². The number of anilines is 1. The first-order chi connectivity index (χ1) is 9.81. The highest BCUT2D eigenvalue weighted by Crippen LogP contribution is 2.26. The summed E-state index contributed by atoms with van der Waals surface area (Å²) in [6.45, 7) is 1.64. The molecule has 1 aromatic rings. The van der Waals surface area contributed by atoms with Crippen molar-refractivity contribution in [3.63, 3.8) is 0 Å². The number of aliphatic hydroxyl groups is 2. The van der Waals surface area contributed by atoms with Gasteiger partial charge < -0.3 is 25.4 Å². The molecule has 0 fully saturated rings. The van der Waals surface area contributed by atoms with E-state index in [9.17, 15) is 19.8 Å². The molecule has 0 saturated carbocycles. The number of rotatable bonds is 5. The molecule has 0 aromatic heterocycles. The predicted molar refractivity (Wildman–Crippen MR) is 74.5 cm³/mol. The van der Waals surface area contributed by atoms with Gasteiger partial charge in [-0.15, -0.1) is 0 Å². The topological polar surface area (TPSA) is 119 Å². The fourth-order valence-electron chi connectivity index (χ4n) is 1.84. The third kappa shape index (κ3) is 3.93. The monoisotopic (exact) mass is 297 g/mol. The molecule has 0 bridgehead atoms. The quantitative estimate of drug-likeness (QED) is 0.529. The Bertz CT molecular complexity index is 543. The first-order valence-corrected chi connectivity index (χ1v) is 6.23. The van der Waals surface area contributed by atoms with Crippen molar-refractivity contribution < 1.29 is 29.3 Å². The first-order valence-electron chi connectivity index (χ1n) is 6.23. The lowest BCUT2D eigenvalue weighted by Crippen LogP contribution is -2.23. The molecule has 0 aliphatic rings. The van der Waals surface area contributed by atoms with Crippen LogP contribution in [-0.2, 0) is 14.3 Å². The van der Waals surface area contributed by atoms with Gasteiger partial charge in [-0.25, -0.2) is 4.79 Å². The molecular formula is C14H19NO6. The molecule has 21 heavy (non-hydrogen) atoms. The molecular weight excluding hydrogens is 278 g/mol. The van der Waals surface area contributed by atoms with Gasteiger partial charge in [-0.2, -0.15) is 0 Å². The summed E-state index contributed by atoms with van der Waals surface area (Å²) >= 11 is 0. The number of nitrogens with two attached hydrogens (primary N) is 1. The van der Waals surface area contributed by atoms with Crippen LogP contribution in [0.4, 0.5) is 5.69 Å². The Hall–Kier alpha value is -2.12. The lowest BCUT2D eigenvalue weighted by Gasteiger charge is -2.19. The Morgan fingerprint density at radius 1 is 1.24 bits per heavy atom. The molecule has 0 spiro atoms. The summed E-state index contributed by atoms with van der Waals surface area (Å²) in [5, 5.41) is 19.9. The second kappa shape index (κ2) is 7.05. The molecule has 0 amide bonds. The molecule has 1 aromatic carbocycles. The summed E-state index contributed by atoms with van der Waals surface area (Å²) in [7, 11) is 2.41. The maximum Gasteiger partial charge on any atom is 0.338 e.